The van der Waals surface area contributed by atoms with Crippen LogP contribution in [0, 0.1) is 6.92 Å². The van der Waals surface area contributed by atoms with Gasteiger partial charge in [0.1, 0.15) is 6.54 Å². The van der Waals surface area contributed by atoms with Crippen molar-refractivity contribution in [3.8, 4) is 0 Å². The molecule has 0 aliphatic rings. The number of hydrogen-bond acceptors (Lipinski definition) is 3. The highest BCUT2D eigenvalue weighted by molar-refractivity contribution is 5.81. The van der Waals surface area contributed by atoms with Crippen LogP contribution in [0.1, 0.15) is 5.56 Å². The number of rotatable bonds is 2. The average molecular weight is 231 g/mol. The number of amides is 1. The van der Waals surface area contributed by atoms with Crippen molar-refractivity contribution in [2.45, 2.75) is 13.5 Å². The van der Waals surface area contributed by atoms with Crippen molar-refractivity contribution in [2.24, 2.45) is 0 Å². The zero-order valence-corrected chi connectivity index (χ0v) is 9.73. The molecule has 1 aromatic heterocycles. The van der Waals surface area contributed by atoms with Gasteiger partial charge >= 0.3 is 0 Å². The van der Waals surface area contributed by atoms with Gasteiger partial charge in [0.2, 0.25) is 5.91 Å². The third kappa shape index (κ3) is 2.04. The molecule has 0 spiro atoms. The second-order valence-electron chi connectivity index (χ2n) is 3.82. The number of hydrogen-bond donors (Lipinski definition) is 1. The van der Waals surface area contributed by atoms with E-state index in [1.807, 2.05) is 19.1 Å². The SMILES string of the molecule is CNC(=O)Cn1cnc2c(C)cccc2c1=O. The van der Waals surface area contributed by atoms with Gasteiger partial charge in [-0.2, -0.15) is 0 Å². The summed E-state index contributed by atoms with van der Waals surface area (Å²) in [4.78, 5) is 27.5. The van der Waals surface area contributed by atoms with Crippen LogP contribution in [-0.2, 0) is 11.3 Å². The number of likely N-dealkylation sites (N-methyl/N-ethyl adjacent to an activating group) is 1. The van der Waals surface area contributed by atoms with Crippen molar-refractivity contribution in [3.63, 3.8) is 0 Å². The van der Waals surface area contributed by atoms with E-state index in [2.05, 4.69) is 10.3 Å². The zero-order valence-electron chi connectivity index (χ0n) is 9.73. The number of nitrogens with zero attached hydrogens (tertiary/aromatic N) is 2. The molecule has 1 heterocycles. The molecule has 0 atom stereocenters. The molecule has 0 fully saturated rings. The molecule has 1 N–H and O–H groups in total. The molecule has 0 aliphatic heterocycles. The summed E-state index contributed by atoms with van der Waals surface area (Å²) < 4.78 is 1.31. The number of aryl methyl sites for hydroxylation is 1. The molecule has 5 heteroatoms. The Morgan fingerprint density at radius 3 is 2.94 bits per heavy atom. The number of para-hydroxylation sites is 1. The predicted molar refractivity (Wildman–Crippen MR) is 64.8 cm³/mol. The first-order chi connectivity index (χ1) is 8.13. The Kier molecular flexibility index (Phi) is 2.91. The maximum Gasteiger partial charge on any atom is 0.261 e. The fraction of sp³-hybridized carbons (Fsp3) is 0.250. The number of aromatic nitrogens is 2. The largest absolute Gasteiger partial charge is 0.358 e. The van der Waals surface area contributed by atoms with Gasteiger partial charge in [-0.15, -0.1) is 0 Å². The van der Waals surface area contributed by atoms with E-state index in [0.29, 0.717) is 10.9 Å². The Hall–Kier alpha value is -2.17. The van der Waals surface area contributed by atoms with E-state index in [1.165, 1.54) is 17.9 Å². The Morgan fingerprint density at radius 1 is 1.47 bits per heavy atom. The van der Waals surface area contributed by atoms with Gasteiger partial charge in [-0.25, -0.2) is 4.98 Å². The van der Waals surface area contributed by atoms with Crippen molar-refractivity contribution in [3.05, 3.63) is 40.4 Å². The molecule has 1 amide bonds. The Labute approximate surface area is 98.1 Å². The molecule has 88 valence electrons. The highest BCUT2D eigenvalue weighted by Gasteiger charge is 2.07. The Balaban J connectivity index is 2.59. The van der Waals surface area contributed by atoms with Crippen molar-refractivity contribution in [1.29, 1.82) is 0 Å². The lowest BCUT2D eigenvalue weighted by molar-refractivity contribution is -0.121. The quantitative estimate of drug-likeness (QED) is 0.816. The zero-order chi connectivity index (χ0) is 12.4. The second kappa shape index (κ2) is 4.37. The first-order valence-electron chi connectivity index (χ1n) is 5.29. The molecular formula is C12H13N3O2. The lowest BCUT2D eigenvalue weighted by atomic mass is 10.1. The normalized spacial score (nSPS) is 10.5. The van der Waals surface area contributed by atoms with E-state index in [9.17, 15) is 9.59 Å². The highest BCUT2D eigenvalue weighted by atomic mass is 16.2. The van der Waals surface area contributed by atoms with E-state index in [-0.39, 0.29) is 18.0 Å². The van der Waals surface area contributed by atoms with Crippen molar-refractivity contribution in [2.75, 3.05) is 7.05 Å². The minimum absolute atomic E-state index is 0.00772. The van der Waals surface area contributed by atoms with E-state index >= 15 is 0 Å². The molecule has 0 bridgehead atoms. The Bertz CT molecular complexity index is 631. The number of carbonyl (C=O) groups is 1. The van der Waals surface area contributed by atoms with Crippen LogP contribution in [0.2, 0.25) is 0 Å². The van der Waals surface area contributed by atoms with Crippen molar-refractivity contribution >= 4 is 16.8 Å². The molecule has 0 saturated heterocycles. The molecule has 0 saturated carbocycles. The monoisotopic (exact) mass is 231 g/mol. The average Bonchev–Trinajstić information content (AvgIpc) is 2.33. The maximum absolute atomic E-state index is 12.1. The molecule has 2 aromatic rings. The highest BCUT2D eigenvalue weighted by Crippen LogP contribution is 2.10. The molecular weight excluding hydrogens is 218 g/mol. The molecule has 1 aromatic carbocycles. The van der Waals surface area contributed by atoms with Crippen LogP contribution in [0.25, 0.3) is 10.9 Å². The first kappa shape index (κ1) is 11.3. The third-order valence-electron chi connectivity index (χ3n) is 2.65. The topological polar surface area (TPSA) is 64.0 Å². The van der Waals surface area contributed by atoms with Crippen molar-refractivity contribution < 1.29 is 4.79 Å². The van der Waals surface area contributed by atoms with E-state index in [1.54, 1.807) is 6.07 Å². The molecule has 0 unspecified atom stereocenters. The standard InChI is InChI=1S/C12H13N3O2/c1-8-4-3-5-9-11(8)14-7-15(12(9)17)6-10(16)13-2/h3-5,7H,6H2,1-2H3,(H,13,16). The van der Waals surface area contributed by atoms with Crippen molar-refractivity contribution in [1.82, 2.24) is 14.9 Å². The van der Waals surface area contributed by atoms with Crippen LogP contribution >= 0.6 is 0 Å². The summed E-state index contributed by atoms with van der Waals surface area (Å²) in [5.41, 5.74) is 1.44. The van der Waals surface area contributed by atoms with Gasteiger partial charge in [-0.05, 0) is 18.6 Å². The van der Waals surface area contributed by atoms with Crippen LogP contribution in [0.5, 0.6) is 0 Å². The van der Waals surface area contributed by atoms with Gasteiger partial charge in [0.05, 0.1) is 17.2 Å². The van der Waals surface area contributed by atoms with Crippen LogP contribution < -0.4 is 10.9 Å². The maximum atomic E-state index is 12.1. The number of nitrogens with one attached hydrogen (secondary N) is 1. The van der Waals surface area contributed by atoms with Gasteiger partial charge in [0, 0.05) is 7.05 Å². The van der Waals surface area contributed by atoms with Gasteiger partial charge in [0.25, 0.3) is 5.56 Å². The summed E-state index contributed by atoms with van der Waals surface area (Å²) in [6, 6.07) is 5.43. The van der Waals surface area contributed by atoms with Gasteiger partial charge in [-0.1, -0.05) is 12.1 Å². The van der Waals surface area contributed by atoms with E-state index < -0.39 is 0 Å². The number of fused-ring (bicyclic) bond motifs is 1. The van der Waals surface area contributed by atoms with Crippen LogP contribution in [-0.4, -0.2) is 22.5 Å². The minimum atomic E-state index is -0.221. The fourth-order valence-corrected chi connectivity index (χ4v) is 1.68. The van der Waals surface area contributed by atoms with Gasteiger partial charge in [0.15, 0.2) is 0 Å². The number of benzene rings is 1. The third-order valence-corrected chi connectivity index (χ3v) is 2.65. The lowest BCUT2D eigenvalue weighted by Gasteiger charge is -2.06. The summed E-state index contributed by atoms with van der Waals surface area (Å²) >= 11 is 0. The lowest BCUT2D eigenvalue weighted by Crippen LogP contribution is -2.30. The smallest absolute Gasteiger partial charge is 0.261 e. The summed E-state index contributed by atoms with van der Waals surface area (Å²) in [6.07, 6.45) is 1.41. The van der Waals surface area contributed by atoms with E-state index in [4.69, 9.17) is 0 Å². The molecule has 2 rings (SSSR count). The summed E-state index contributed by atoms with van der Waals surface area (Å²) in [6.45, 7) is 1.89. The van der Waals surface area contributed by atoms with E-state index in [0.717, 1.165) is 5.56 Å². The summed E-state index contributed by atoms with van der Waals surface area (Å²) in [7, 11) is 1.53. The summed E-state index contributed by atoms with van der Waals surface area (Å²) in [5, 5.41) is 3.01. The van der Waals surface area contributed by atoms with Gasteiger partial charge < -0.3 is 5.32 Å². The Morgan fingerprint density at radius 2 is 2.24 bits per heavy atom. The number of carbonyl (C=O) groups excluding carboxylic acids is 1. The first-order valence-corrected chi connectivity index (χ1v) is 5.29. The molecule has 17 heavy (non-hydrogen) atoms. The van der Waals surface area contributed by atoms with Crippen LogP contribution in [0.3, 0.4) is 0 Å². The molecule has 0 aliphatic carbocycles. The minimum Gasteiger partial charge on any atom is -0.358 e. The second-order valence-corrected chi connectivity index (χ2v) is 3.82. The fourth-order valence-electron chi connectivity index (χ4n) is 1.68. The predicted octanol–water partition coefficient (Wildman–Crippen LogP) is 0.451. The molecule has 0 radical (unpaired) electrons. The van der Waals surface area contributed by atoms with Crippen LogP contribution in [0.4, 0.5) is 0 Å². The molecule has 5 nitrogen and oxygen atoms in total. The van der Waals surface area contributed by atoms with Crippen LogP contribution in [0.15, 0.2) is 29.3 Å². The van der Waals surface area contributed by atoms with Gasteiger partial charge in [-0.3, -0.25) is 14.2 Å². The summed E-state index contributed by atoms with van der Waals surface area (Å²) in [5.74, 6) is -0.221.